The van der Waals surface area contributed by atoms with Crippen molar-refractivity contribution in [1.82, 2.24) is 39.9 Å². The molecule has 0 aliphatic rings. The highest BCUT2D eigenvalue weighted by Gasteiger charge is 1.98. The van der Waals surface area contributed by atoms with Crippen LogP contribution in [0.4, 0.5) is 0 Å². The van der Waals surface area contributed by atoms with Crippen LogP contribution in [0.1, 0.15) is 0 Å². The molecule has 8 heterocycles. The zero-order valence-corrected chi connectivity index (χ0v) is 29.1. The van der Waals surface area contributed by atoms with Crippen LogP contribution in [-0.4, -0.2) is 39.9 Å². The van der Waals surface area contributed by atoms with Gasteiger partial charge in [0.25, 0.3) is 0 Å². The Morgan fingerprint density at radius 2 is 0.300 bits per heavy atom. The summed E-state index contributed by atoms with van der Waals surface area (Å²) in [6.45, 7) is 0. The molecule has 8 aromatic rings. The van der Waals surface area contributed by atoms with E-state index in [9.17, 15) is 0 Å². The van der Waals surface area contributed by atoms with Crippen molar-refractivity contribution in [3.8, 4) is 45.6 Å². The second-order valence-corrected chi connectivity index (χ2v) is 9.72. The van der Waals surface area contributed by atoms with E-state index >= 15 is 0 Å². The fourth-order valence-corrected chi connectivity index (χ4v) is 4.11. The number of hydrogen-bond donors (Lipinski definition) is 0. The first kappa shape index (κ1) is 38.3. The Morgan fingerprint density at radius 1 is 0.180 bits per heavy atom. The van der Waals surface area contributed by atoms with Crippen LogP contribution in [0, 0.1) is 0 Å². The van der Waals surface area contributed by atoms with E-state index in [4.69, 9.17) is 0 Å². The van der Waals surface area contributed by atoms with Gasteiger partial charge in [-0.1, -0.05) is 48.5 Å². The molecule has 0 N–H and O–H groups in total. The molecule has 8 aromatic heterocycles. The molecular weight excluding hydrogens is 657 g/mol. The molecule has 0 aliphatic heterocycles. The molecule has 0 spiro atoms. The maximum absolute atomic E-state index is 4.19. The Kier molecular flexibility index (Phi) is 17.2. The summed E-state index contributed by atoms with van der Waals surface area (Å²) in [6, 6.07) is 46.4. The van der Waals surface area contributed by atoms with E-state index in [1.165, 1.54) is 0 Å². The number of aromatic nitrogens is 8. The molecule has 248 valence electrons. The van der Waals surface area contributed by atoms with Gasteiger partial charge in [0.05, 0.1) is 45.6 Å². The van der Waals surface area contributed by atoms with Crippen LogP contribution in [0.15, 0.2) is 195 Å². The van der Waals surface area contributed by atoms with Crippen LogP contribution < -0.4 is 0 Å². The topological polar surface area (TPSA) is 103 Å². The van der Waals surface area contributed by atoms with Crippen LogP contribution in [0.3, 0.4) is 0 Å². The van der Waals surface area contributed by atoms with E-state index in [1.807, 2.05) is 146 Å². The Balaban J connectivity index is 0.000000178. The maximum Gasteiger partial charge on any atom is 0.0886 e. The molecule has 0 saturated heterocycles. The van der Waals surface area contributed by atoms with E-state index in [0.29, 0.717) is 0 Å². The van der Waals surface area contributed by atoms with Crippen molar-refractivity contribution < 1.29 is 0 Å². The third-order valence-corrected chi connectivity index (χ3v) is 6.37. The van der Waals surface area contributed by atoms with Crippen molar-refractivity contribution in [2.24, 2.45) is 0 Å². The van der Waals surface area contributed by atoms with Gasteiger partial charge in [-0.15, -0.1) is 0 Å². The molecule has 0 bridgehead atoms. The van der Waals surface area contributed by atoms with Gasteiger partial charge in [0.1, 0.15) is 0 Å². The van der Waals surface area contributed by atoms with Gasteiger partial charge in [-0.05, 0) is 97.1 Å². The quantitative estimate of drug-likeness (QED) is 0.180. The number of hydrogen-bond acceptors (Lipinski definition) is 8. The zero-order valence-electron chi connectivity index (χ0n) is 27.1. The third-order valence-electron chi connectivity index (χ3n) is 6.37. The first-order valence-electron chi connectivity index (χ1n) is 15.2. The molecule has 50 heavy (non-hydrogen) atoms. The van der Waals surface area contributed by atoms with E-state index in [1.54, 1.807) is 49.6 Å². The van der Waals surface area contributed by atoms with Gasteiger partial charge in [-0.25, -0.2) is 0 Å². The van der Waals surface area contributed by atoms with Gasteiger partial charge >= 0.3 is 0 Å². The second kappa shape index (κ2) is 22.5. The van der Waals surface area contributed by atoms with Crippen molar-refractivity contribution in [2.75, 3.05) is 0 Å². The molecule has 0 unspecified atom stereocenters. The normalized spacial score (nSPS) is 9.28. The van der Waals surface area contributed by atoms with E-state index in [0.717, 1.165) is 45.6 Å². The first-order chi connectivity index (χ1) is 23.9. The Labute approximate surface area is 306 Å². The summed E-state index contributed by atoms with van der Waals surface area (Å²) in [5, 5.41) is 0. The highest BCUT2D eigenvalue weighted by atomic mass is 32.1. The van der Waals surface area contributed by atoms with Crippen LogP contribution in [0.5, 0.6) is 0 Å². The lowest BCUT2D eigenvalue weighted by Crippen LogP contribution is -1.83. The van der Waals surface area contributed by atoms with E-state index in [-0.39, 0.29) is 27.0 Å². The summed E-state index contributed by atoms with van der Waals surface area (Å²) in [5.41, 5.74) is 7.32. The minimum absolute atomic E-state index is 0. The molecule has 8 nitrogen and oxygen atoms in total. The summed E-state index contributed by atoms with van der Waals surface area (Å²) in [6.07, 6.45) is 14.1. The molecule has 0 atom stereocenters. The minimum Gasteiger partial charge on any atom is -0.255 e. The predicted molar refractivity (Wildman–Crippen MR) is 211 cm³/mol. The van der Waals surface area contributed by atoms with Crippen molar-refractivity contribution >= 4 is 27.0 Å². The molecular formula is C40H36N8S2. The number of rotatable bonds is 4. The van der Waals surface area contributed by atoms with Crippen molar-refractivity contribution in [2.45, 2.75) is 0 Å². The van der Waals surface area contributed by atoms with Crippen LogP contribution in [0.2, 0.25) is 0 Å². The van der Waals surface area contributed by atoms with E-state index in [2.05, 4.69) is 39.9 Å². The van der Waals surface area contributed by atoms with Gasteiger partial charge in [-0.3, -0.25) is 39.9 Å². The molecule has 0 radical (unpaired) electrons. The average Bonchev–Trinajstić information content (AvgIpc) is 3.21. The van der Waals surface area contributed by atoms with Crippen molar-refractivity contribution in [3.63, 3.8) is 0 Å². The zero-order chi connectivity index (χ0) is 32.9. The van der Waals surface area contributed by atoms with Crippen LogP contribution in [0.25, 0.3) is 45.6 Å². The Bertz CT molecular complexity index is 1530. The molecule has 8 rings (SSSR count). The summed E-state index contributed by atoms with van der Waals surface area (Å²) in [4.78, 5) is 33.5. The molecule has 10 heteroatoms. The van der Waals surface area contributed by atoms with Gasteiger partial charge < -0.3 is 0 Å². The Hall–Kier alpha value is -6.10. The third kappa shape index (κ3) is 12.8. The summed E-state index contributed by atoms with van der Waals surface area (Å²) in [7, 11) is 0. The maximum atomic E-state index is 4.19. The smallest absolute Gasteiger partial charge is 0.0886 e. The highest BCUT2D eigenvalue weighted by Crippen LogP contribution is 2.13. The summed E-state index contributed by atoms with van der Waals surface area (Å²) >= 11 is 0. The molecule has 0 amide bonds. The van der Waals surface area contributed by atoms with Gasteiger partial charge in [0, 0.05) is 49.6 Å². The monoisotopic (exact) mass is 692 g/mol. The molecule has 0 aromatic carbocycles. The summed E-state index contributed by atoms with van der Waals surface area (Å²) in [5.74, 6) is 0. The van der Waals surface area contributed by atoms with Crippen molar-refractivity contribution in [3.05, 3.63) is 195 Å². The van der Waals surface area contributed by atoms with Gasteiger partial charge in [0.15, 0.2) is 0 Å². The predicted octanol–water partition coefficient (Wildman–Crippen LogP) is 8.80. The number of nitrogens with zero attached hydrogens (tertiary/aromatic N) is 8. The Morgan fingerprint density at radius 3 is 0.380 bits per heavy atom. The molecule has 0 aliphatic carbocycles. The fourth-order valence-electron chi connectivity index (χ4n) is 4.11. The largest absolute Gasteiger partial charge is 0.255 e. The fraction of sp³-hybridized carbons (Fsp3) is 0. The lowest BCUT2D eigenvalue weighted by Gasteiger charge is -1.96. The number of pyridine rings is 8. The molecule has 0 fully saturated rings. The lowest BCUT2D eigenvalue weighted by molar-refractivity contribution is 1.25. The van der Waals surface area contributed by atoms with Gasteiger partial charge in [-0.2, -0.15) is 27.0 Å². The molecule has 0 saturated carbocycles. The van der Waals surface area contributed by atoms with Crippen LogP contribution in [-0.2, 0) is 0 Å². The SMILES string of the molecule is S.S.c1ccc(-c2ccccn2)nc1.c1ccc(-c2ccccn2)nc1.c1ccc(-c2ccccn2)nc1.c1ccc(-c2ccccn2)nc1. The average molecular weight is 693 g/mol. The first-order valence-corrected chi connectivity index (χ1v) is 15.2. The summed E-state index contributed by atoms with van der Waals surface area (Å²) < 4.78 is 0. The highest BCUT2D eigenvalue weighted by molar-refractivity contribution is 7.59. The van der Waals surface area contributed by atoms with E-state index < -0.39 is 0 Å². The second-order valence-electron chi connectivity index (χ2n) is 9.72. The van der Waals surface area contributed by atoms with Gasteiger partial charge in [0.2, 0.25) is 0 Å². The van der Waals surface area contributed by atoms with Crippen molar-refractivity contribution in [1.29, 1.82) is 0 Å². The standard InChI is InChI=1S/4C10H8N2.2H2S/c4*1-3-7-11-9(5-1)10-6-2-4-8-12-10;;/h4*1-8H;2*1H2. The lowest BCUT2D eigenvalue weighted by atomic mass is 10.2. The van der Waals surface area contributed by atoms with Crippen LogP contribution >= 0.6 is 27.0 Å². The minimum atomic E-state index is 0.